The van der Waals surface area contributed by atoms with Crippen LogP contribution in [0.3, 0.4) is 0 Å². The van der Waals surface area contributed by atoms with Crippen molar-refractivity contribution in [3.63, 3.8) is 0 Å². The van der Waals surface area contributed by atoms with Crippen LogP contribution in [0.5, 0.6) is 0 Å². The summed E-state index contributed by atoms with van der Waals surface area (Å²) in [6.07, 6.45) is 4.46. The van der Waals surface area contributed by atoms with Crippen LogP contribution in [0.25, 0.3) is 0 Å². The maximum Gasteiger partial charge on any atom is 0.234 e. The Morgan fingerprint density at radius 2 is 2.13 bits per heavy atom. The molecule has 0 heterocycles. The SMILES string of the molecule is CC([CH]CN=C=O)Cc1ccc(Cl)cc1. The number of isocyanates is 1. The minimum Gasteiger partial charge on any atom is -0.211 e. The molecular weight excluding hydrogens is 210 g/mol. The van der Waals surface area contributed by atoms with Gasteiger partial charge in [0.15, 0.2) is 0 Å². The summed E-state index contributed by atoms with van der Waals surface area (Å²) in [7, 11) is 0. The zero-order valence-corrected chi connectivity index (χ0v) is 9.37. The predicted octanol–water partition coefficient (Wildman–Crippen LogP) is 3.06. The molecule has 0 N–H and O–H groups in total. The lowest BCUT2D eigenvalue weighted by Crippen LogP contribution is -2.02. The van der Waals surface area contributed by atoms with E-state index >= 15 is 0 Å². The van der Waals surface area contributed by atoms with Crippen LogP contribution in [0.1, 0.15) is 12.5 Å². The van der Waals surface area contributed by atoms with Crippen LogP contribution in [-0.2, 0) is 11.2 Å². The van der Waals surface area contributed by atoms with Crippen molar-refractivity contribution in [2.75, 3.05) is 6.54 Å². The summed E-state index contributed by atoms with van der Waals surface area (Å²) in [4.78, 5) is 13.3. The van der Waals surface area contributed by atoms with Gasteiger partial charge in [0.05, 0.1) is 6.54 Å². The molecule has 1 rings (SSSR count). The molecule has 1 aromatic carbocycles. The standard InChI is InChI=1S/C12H13ClNO/c1-10(6-7-14-9-15)8-11-2-4-12(13)5-3-11/h2-6,10H,7-8H2,1H3. The molecule has 0 aliphatic carbocycles. The highest BCUT2D eigenvalue weighted by Gasteiger charge is 2.03. The van der Waals surface area contributed by atoms with E-state index in [1.54, 1.807) is 0 Å². The Bertz CT molecular complexity index is 341. The van der Waals surface area contributed by atoms with Crippen molar-refractivity contribution in [1.82, 2.24) is 0 Å². The summed E-state index contributed by atoms with van der Waals surface area (Å²) in [5.74, 6) is 0.392. The van der Waals surface area contributed by atoms with E-state index in [0.717, 1.165) is 11.4 Å². The average molecular weight is 223 g/mol. The summed E-state index contributed by atoms with van der Waals surface area (Å²) >= 11 is 5.78. The zero-order valence-electron chi connectivity index (χ0n) is 8.61. The Kier molecular flexibility index (Phi) is 5.09. The number of nitrogens with zero attached hydrogens (tertiary/aromatic N) is 1. The van der Waals surface area contributed by atoms with Crippen LogP contribution >= 0.6 is 11.6 Å². The Morgan fingerprint density at radius 1 is 1.47 bits per heavy atom. The molecule has 0 aliphatic heterocycles. The van der Waals surface area contributed by atoms with E-state index in [1.165, 1.54) is 11.6 Å². The fraction of sp³-hybridized carbons (Fsp3) is 0.333. The molecule has 0 aliphatic rings. The van der Waals surface area contributed by atoms with Crippen LogP contribution < -0.4 is 0 Å². The summed E-state index contributed by atoms with van der Waals surface area (Å²) in [6, 6.07) is 7.78. The molecule has 79 valence electrons. The molecule has 1 radical (unpaired) electrons. The Balaban J connectivity index is 2.40. The fourth-order valence-electron chi connectivity index (χ4n) is 1.35. The molecule has 1 aromatic rings. The normalized spacial score (nSPS) is 11.9. The number of rotatable bonds is 5. The summed E-state index contributed by atoms with van der Waals surface area (Å²) in [5, 5.41) is 0.751. The first-order chi connectivity index (χ1) is 7.22. The highest BCUT2D eigenvalue weighted by Crippen LogP contribution is 2.14. The highest BCUT2D eigenvalue weighted by molar-refractivity contribution is 6.30. The van der Waals surface area contributed by atoms with Crippen molar-refractivity contribution < 1.29 is 4.79 Å². The van der Waals surface area contributed by atoms with Crippen molar-refractivity contribution >= 4 is 17.7 Å². The molecule has 1 atom stereocenters. The molecule has 0 fully saturated rings. The fourth-order valence-corrected chi connectivity index (χ4v) is 1.47. The van der Waals surface area contributed by atoms with Gasteiger partial charge in [-0.3, -0.25) is 0 Å². The summed E-state index contributed by atoms with van der Waals surface area (Å²) in [5.41, 5.74) is 1.23. The number of benzene rings is 1. The number of carbonyl (C=O) groups excluding carboxylic acids is 1. The van der Waals surface area contributed by atoms with E-state index in [0.29, 0.717) is 12.5 Å². The largest absolute Gasteiger partial charge is 0.234 e. The van der Waals surface area contributed by atoms with Crippen LogP contribution in [0, 0.1) is 12.3 Å². The van der Waals surface area contributed by atoms with Gasteiger partial charge in [-0.15, -0.1) is 0 Å². The lowest BCUT2D eigenvalue weighted by Gasteiger charge is -2.08. The molecule has 0 bridgehead atoms. The van der Waals surface area contributed by atoms with E-state index in [4.69, 9.17) is 11.6 Å². The maximum atomic E-state index is 9.86. The molecule has 3 heteroatoms. The monoisotopic (exact) mass is 222 g/mol. The molecule has 0 saturated heterocycles. The number of halogens is 1. The van der Waals surface area contributed by atoms with Gasteiger partial charge in [-0.25, -0.2) is 9.79 Å². The summed E-state index contributed by atoms with van der Waals surface area (Å²) in [6.45, 7) is 2.53. The van der Waals surface area contributed by atoms with Gasteiger partial charge in [0.2, 0.25) is 6.08 Å². The van der Waals surface area contributed by atoms with Crippen LogP contribution in [0.2, 0.25) is 5.02 Å². The second-order valence-electron chi connectivity index (χ2n) is 3.48. The summed E-state index contributed by atoms with van der Waals surface area (Å²) < 4.78 is 0. The van der Waals surface area contributed by atoms with Gasteiger partial charge in [0.25, 0.3) is 0 Å². The van der Waals surface area contributed by atoms with Crippen molar-refractivity contribution in [1.29, 1.82) is 0 Å². The van der Waals surface area contributed by atoms with E-state index in [9.17, 15) is 4.79 Å². The molecular formula is C12H13ClNO. The van der Waals surface area contributed by atoms with E-state index in [1.807, 2.05) is 30.7 Å². The Morgan fingerprint density at radius 3 is 2.73 bits per heavy atom. The highest BCUT2D eigenvalue weighted by atomic mass is 35.5. The van der Waals surface area contributed by atoms with Gasteiger partial charge >= 0.3 is 0 Å². The lowest BCUT2D eigenvalue weighted by molar-refractivity contribution is 0.562. The number of hydrogen-bond acceptors (Lipinski definition) is 2. The van der Waals surface area contributed by atoms with E-state index in [2.05, 4.69) is 11.9 Å². The minimum absolute atomic E-state index is 0.392. The van der Waals surface area contributed by atoms with Crippen LogP contribution in [0.4, 0.5) is 0 Å². The minimum atomic E-state index is 0.392. The second-order valence-corrected chi connectivity index (χ2v) is 3.91. The van der Waals surface area contributed by atoms with E-state index < -0.39 is 0 Å². The van der Waals surface area contributed by atoms with Gasteiger partial charge in [-0.2, -0.15) is 0 Å². The molecule has 1 unspecified atom stereocenters. The first kappa shape index (κ1) is 12.0. The smallest absolute Gasteiger partial charge is 0.211 e. The van der Waals surface area contributed by atoms with Crippen molar-refractivity contribution in [2.45, 2.75) is 13.3 Å². The average Bonchev–Trinajstić information content (AvgIpc) is 2.22. The molecule has 0 aromatic heterocycles. The topological polar surface area (TPSA) is 29.4 Å². The quantitative estimate of drug-likeness (QED) is 0.556. The zero-order chi connectivity index (χ0) is 11.1. The van der Waals surface area contributed by atoms with Gasteiger partial charge in [0.1, 0.15) is 0 Å². The first-order valence-corrected chi connectivity index (χ1v) is 5.21. The third-order valence-electron chi connectivity index (χ3n) is 2.13. The molecule has 15 heavy (non-hydrogen) atoms. The number of hydrogen-bond donors (Lipinski definition) is 0. The molecule has 0 saturated carbocycles. The molecule has 0 spiro atoms. The van der Waals surface area contributed by atoms with Gasteiger partial charge in [-0.1, -0.05) is 30.7 Å². The first-order valence-electron chi connectivity index (χ1n) is 4.84. The molecule has 2 nitrogen and oxygen atoms in total. The Hall–Kier alpha value is -1.11. The predicted molar refractivity (Wildman–Crippen MR) is 61.6 cm³/mol. The lowest BCUT2D eigenvalue weighted by atomic mass is 9.98. The van der Waals surface area contributed by atoms with Crippen LogP contribution in [0.15, 0.2) is 29.3 Å². The second kappa shape index (κ2) is 6.39. The van der Waals surface area contributed by atoms with Gasteiger partial charge in [-0.05, 0) is 36.5 Å². The molecule has 0 amide bonds. The van der Waals surface area contributed by atoms with E-state index in [-0.39, 0.29) is 0 Å². The maximum absolute atomic E-state index is 9.86. The Labute approximate surface area is 95.0 Å². The van der Waals surface area contributed by atoms with Crippen molar-refractivity contribution in [2.24, 2.45) is 10.9 Å². The van der Waals surface area contributed by atoms with Gasteiger partial charge < -0.3 is 0 Å². The third-order valence-corrected chi connectivity index (χ3v) is 2.39. The van der Waals surface area contributed by atoms with Crippen molar-refractivity contribution in [3.8, 4) is 0 Å². The number of aliphatic imine (C=N–C) groups is 1. The van der Waals surface area contributed by atoms with Crippen molar-refractivity contribution in [3.05, 3.63) is 41.3 Å². The third kappa shape index (κ3) is 4.78. The van der Waals surface area contributed by atoms with Gasteiger partial charge in [0, 0.05) is 5.02 Å². The van der Waals surface area contributed by atoms with Crippen LogP contribution in [-0.4, -0.2) is 12.6 Å².